The first-order valence-electron chi connectivity index (χ1n) is 9.26. The first-order valence-corrected chi connectivity index (χ1v) is 9.63. The predicted molar refractivity (Wildman–Crippen MR) is 107 cm³/mol. The Morgan fingerprint density at radius 2 is 1.93 bits per heavy atom. The van der Waals surface area contributed by atoms with Crippen molar-refractivity contribution < 1.29 is 14.4 Å². The van der Waals surface area contributed by atoms with Crippen LogP contribution in [-0.2, 0) is 27.3 Å². The fourth-order valence-corrected chi connectivity index (χ4v) is 3.95. The molecule has 2 aromatic carbocycles. The third-order valence-electron chi connectivity index (χ3n) is 5.25. The lowest BCUT2D eigenvalue weighted by molar-refractivity contribution is -0.136. The van der Waals surface area contributed by atoms with Crippen LogP contribution >= 0.6 is 11.6 Å². The summed E-state index contributed by atoms with van der Waals surface area (Å²) in [5.41, 5.74) is 4.33. The van der Waals surface area contributed by atoms with Crippen molar-refractivity contribution in [2.24, 2.45) is 0 Å². The van der Waals surface area contributed by atoms with E-state index in [0.29, 0.717) is 10.7 Å². The van der Waals surface area contributed by atoms with E-state index in [0.717, 1.165) is 41.8 Å². The average Bonchev–Trinajstić information content (AvgIpc) is 2.94. The minimum Gasteiger partial charge on any atom is -0.344 e. The van der Waals surface area contributed by atoms with Crippen LogP contribution in [0.4, 0.5) is 11.4 Å². The third kappa shape index (κ3) is 3.36. The van der Waals surface area contributed by atoms with Crippen molar-refractivity contribution in [2.45, 2.75) is 32.2 Å². The van der Waals surface area contributed by atoms with Crippen LogP contribution < -0.4 is 15.5 Å². The number of benzene rings is 2. The summed E-state index contributed by atoms with van der Waals surface area (Å²) in [6, 6.07) is 10.7. The second-order valence-electron chi connectivity index (χ2n) is 7.15. The van der Waals surface area contributed by atoms with Crippen LogP contribution in [0.3, 0.4) is 0 Å². The molecule has 0 fully saturated rings. The lowest BCUT2D eigenvalue weighted by Gasteiger charge is -2.26. The topological polar surface area (TPSA) is 78.5 Å². The molecule has 4 rings (SSSR count). The number of aryl methyl sites for hydroxylation is 1. The molecular weight excluding hydrogens is 378 g/mol. The summed E-state index contributed by atoms with van der Waals surface area (Å²) < 4.78 is 0. The van der Waals surface area contributed by atoms with Gasteiger partial charge in [-0.15, -0.1) is 0 Å². The fourth-order valence-electron chi connectivity index (χ4n) is 3.82. The van der Waals surface area contributed by atoms with Gasteiger partial charge in [-0.1, -0.05) is 23.7 Å². The zero-order valence-corrected chi connectivity index (χ0v) is 16.2. The molecule has 0 aromatic heterocycles. The molecule has 2 aromatic rings. The van der Waals surface area contributed by atoms with Crippen LogP contribution in [-0.4, -0.2) is 24.3 Å². The van der Waals surface area contributed by atoms with E-state index in [2.05, 4.69) is 10.6 Å². The Labute approximate surface area is 167 Å². The van der Waals surface area contributed by atoms with Crippen molar-refractivity contribution in [1.82, 2.24) is 5.32 Å². The summed E-state index contributed by atoms with van der Waals surface area (Å²) in [5, 5.41) is 5.87. The standard InChI is InChI=1S/C21H20ClN3O3/c1-12-17-10-16(9-14-3-2-8-25(18(14)17)21(12)28)24-20(27)19(26)23-11-13-4-6-15(22)7-5-13/h4-7,9-10,12H,2-3,8,11H2,1H3,(H,23,26)(H,24,27)/t12-/m1/s1. The molecule has 0 saturated heterocycles. The van der Waals surface area contributed by atoms with Crippen LogP contribution in [0.1, 0.15) is 36.0 Å². The average molecular weight is 398 g/mol. The minimum absolute atomic E-state index is 0.0973. The highest BCUT2D eigenvalue weighted by molar-refractivity contribution is 6.39. The fraction of sp³-hybridized carbons (Fsp3) is 0.286. The van der Waals surface area contributed by atoms with E-state index in [9.17, 15) is 14.4 Å². The number of nitrogens with one attached hydrogen (secondary N) is 2. The van der Waals surface area contributed by atoms with Gasteiger partial charge in [-0.05, 0) is 60.7 Å². The molecule has 0 radical (unpaired) electrons. The highest BCUT2D eigenvalue weighted by Crippen LogP contribution is 2.44. The Morgan fingerprint density at radius 1 is 1.18 bits per heavy atom. The van der Waals surface area contributed by atoms with E-state index in [1.165, 1.54) is 0 Å². The number of hydrogen-bond acceptors (Lipinski definition) is 3. The maximum absolute atomic E-state index is 12.4. The molecule has 144 valence electrons. The van der Waals surface area contributed by atoms with Crippen LogP contribution in [0.2, 0.25) is 5.02 Å². The largest absolute Gasteiger partial charge is 0.344 e. The summed E-state index contributed by atoms with van der Waals surface area (Å²) in [4.78, 5) is 38.7. The molecule has 3 amide bonds. The summed E-state index contributed by atoms with van der Waals surface area (Å²) in [5.74, 6) is -1.58. The number of rotatable bonds is 3. The van der Waals surface area contributed by atoms with E-state index in [1.807, 2.05) is 17.9 Å². The van der Waals surface area contributed by atoms with Gasteiger partial charge in [-0.25, -0.2) is 0 Å². The molecule has 28 heavy (non-hydrogen) atoms. The number of amides is 3. The van der Waals surface area contributed by atoms with Crippen LogP contribution in [0.5, 0.6) is 0 Å². The van der Waals surface area contributed by atoms with Crippen LogP contribution in [0, 0.1) is 0 Å². The van der Waals surface area contributed by atoms with Crippen molar-refractivity contribution in [2.75, 3.05) is 16.8 Å². The molecule has 0 aliphatic carbocycles. The molecule has 0 spiro atoms. The van der Waals surface area contributed by atoms with Crippen molar-refractivity contribution in [3.63, 3.8) is 0 Å². The molecule has 2 aliphatic heterocycles. The Bertz CT molecular complexity index is 972. The zero-order chi connectivity index (χ0) is 19.8. The number of nitrogens with zero attached hydrogens (tertiary/aromatic N) is 1. The normalized spacial score (nSPS) is 17.3. The summed E-state index contributed by atoms with van der Waals surface area (Å²) in [6.45, 7) is 2.85. The summed E-state index contributed by atoms with van der Waals surface area (Å²) in [6.07, 6.45) is 1.75. The summed E-state index contributed by atoms with van der Waals surface area (Å²) in [7, 11) is 0. The van der Waals surface area contributed by atoms with Gasteiger partial charge in [-0.3, -0.25) is 14.4 Å². The van der Waals surface area contributed by atoms with Crippen molar-refractivity contribution >= 4 is 40.7 Å². The van der Waals surface area contributed by atoms with Gasteiger partial charge in [0, 0.05) is 23.8 Å². The molecule has 0 unspecified atom stereocenters. The van der Waals surface area contributed by atoms with Crippen LogP contribution in [0.15, 0.2) is 36.4 Å². The quantitative estimate of drug-likeness (QED) is 0.781. The van der Waals surface area contributed by atoms with Gasteiger partial charge in [-0.2, -0.15) is 0 Å². The number of hydrogen-bond donors (Lipinski definition) is 2. The Morgan fingerprint density at radius 3 is 2.68 bits per heavy atom. The van der Waals surface area contributed by atoms with Crippen molar-refractivity contribution in [1.29, 1.82) is 0 Å². The highest BCUT2D eigenvalue weighted by Gasteiger charge is 2.38. The molecule has 2 aliphatic rings. The third-order valence-corrected chi connectivity index (χ3v) is 5.50. The van der Waals surface area contributed by atoms with Gasteiger partial charge in [0.25, 0.3) is 0 Å². The second kappa shape index (κ2) is 7.28. The van der Waals surface area contributed by atoms with E-state index in [-0.39, 0.29) is 18.4 Å². The van der Waals surface area contributed by atoms with Crippen molar-refractivity contribution in [3.8, 4) is 0 Å². The maximum Gasteiger partial charge on any atom is 0.313 e. The Balaban J connectivity index is 1.46. The lowest BCUT2D eigenvalue weighted by atomic mass is 9.96. The molecule has 2 heterocycles. The molecule has 6 nitrogen and oxygen atoms in total. The van der Waals surface area contributed by atoms with Gasteiger partial charge >= 0.3 is 11.8 Å². The number of carbonyl (C=O) groups excluding carboxylic acids is 3. The Hall–Kier alpha value is -2.86. The lowest BCUT2D eigenvalue weighted by Crippen LogP contribution is -2.35. The number of anilines is 2. The maximum atomic E-state index is 12.4. The van der Waals surface area contributed by atoms with E-state index in [1.54, 1.807) is 30.3 Å². The smallest absolute Gasteiger partial charge is 0.313 e. The van der Waals surface area contributed by atoms with Gasteiger partial charge in [0.2, 0.25) is 5.91 Å². The first-order chi connectivity index (χ1) is 13.4. The monoisotopic (exact) mass is 397 g/mol. The first kappa shape index (κ1) is 18.5. The highest BCUT2D eigenvalue weighted by atomic mass is 35.5. The van der Waals surface area contributed by atoms with Crippen LogP contribution in [0.25, 0.3) is 0 Å². The summed E-state index contributed by atoms with van der Waals surface area (Å²) >= 11 is 5.84. The van der Waals surface area contributed by atoms with E-state index < -0.39 is 11.8 Å². The molecule has 0 bridgehead atoms. The molecular formula is C21H20ClN3O3. The zero-order valence-electron chi connectivity index (χ0n) is 15.4. The molecule has 2 N–H and O–H groups in total. The van der Waals surface area contributed by atoms with E-state index >= 15 is 0 Å². The van der Waals surface area contributed by atoms with Gasteiger partial charge < -0.3 is 15.5 Å². The van der Waals surface area contributed by atoms with Crippen molar-refractivity contribution in [3.05, 3.63) is 58.1 Å². The predicted octanol–water partition coefficient (Wildman–Crippen LogP) is 2.99. The number of carbonyl (C=O) groups is 3. The molecule has 7 heteroatoms. The SMILES string of the molecule is C[C@H]1C(=O)N2CCCc3cc(NC(=O)C(=O)NCc4ccc(Cl)cc4)cc1c32. The number of halogens is 1. The van der Waals surface area contributed by atoms with Gasteiger partial charge in [0.1, 0.15) is 0 Å². The molecule has 1 atom stereocenters. The van der Waals surface area contributed by atoms with Gasteiger partial charge in [0.15, 0.2) is 0 Å². The minimum atomic E-state index is -0.731. The second-order valence-corrected chi connectivity index (χ2v) is 7.59. The Kier molecular flexibility index (Phi) is 4.81. The molecule has 0 saturated carbocycles. The van der Waals surface area contributed by atoms with E-state index in [4.69, 9.17) is 11.6 Å². The van der Waals surface area contributed by atoms with Gasteiger partial charge in [0.05, 0.1) is 11.6 Å².